The highest BCUT2D eigenvalue weighted by Crippen LogP contribution is 2.13. The van der Waals surface area contributed by atoms with Crippen molar-refractivity contribution >= 4 is 18.2 Å². The summed E-state index contributed by atoms with van der Waals surface area (Å²) in [6, 6.07) is 3.63. The topological polar surface area (TPSA) is 9.23 Å². The predicted molar refractivity (Wildman–Crippen MR) is 70.4 cm³/mol. The maximum atomic E-state index is 13.8. The van der Waals surface area contributed by atoms with Crippen molar-refractivity contribution in [1.82, 2.24) is 0 Å². The molecular weight excluding hydrogens is 271 g/mol. The number of hydrogen-bond acceptors (Lipinski definition) is 1. The number of ether oxygens (including phenoxy) is 1. The minimum atomic E-state index is -0.814. The summed E-state index contributed by atoms with van der Waals surface area (Å²) in [5.74, 6) is -3.03. The van der Waals surface area contributed by atoms with E-state index in [9.17, 15) is 17.6 Å². The van der Waals surface area contributed by atoms with Crippen molar-refractivity contribution in [1.29, 1.82) is 0 Å². The van der Waals surface area contributed by atoms with Gasteiger partial charge in [-0.05, 0) is 24.0 Å². The van der Waals surface area contributed by atoms with Crippen LogP contribution >= 0.6 is 0 Å². The first kappa shape index (κ1) is 14.4. The lowest BCUT2D eigenvalue weighted by molar-refractivity contribution is 0.411. The maximum Gasteiger partial charge on any atom is 0.201 e. The highest BCUT2D eigenvalue weighted by Gasteiger charge is 2.17. The molecule has 104 valence electrons. The van der Waals surface area contributed by atoms with E-state index >= 15 is 0 Å². The van der Waals surface area contributed by atoms with Crippen molar-refractivity contribution in [3.05, 3.63) is 53.1 Å². The van der Waals surface area contributed by atoms with Crippen LogP contribution in [0.25, 0.3) is 0 Å². The van der Waals surface area contributed by atoms with Gasteiger partial charge in [0.2, 0.25) is 7.28 Å². The zero-order valence-electron chi connectivity index (χ0n) is 10.9. The van der Waals surface area contributed by atoms with Crippen molar-refractivity contribution in [2.75, 3.05) is 7.11 Å². The third-order valence-corrected chi connectivity index (χ3v) is 3.12. The van der Waals surface area contributed by atoms with Gasteiger partial charge in [-0.2, -0.15) is 0 Å². The molecule has 6 heteroatoms. The quantitative estimate of drug-likeness (QED) is 0.617. The summed E-state index contributed by atoms with van der Waals surface area (Å²) in [7, 11) is 1.19. The SMILES string of the molecule is COc1cc(F)cc(F)c1Bc1cc(F)cc(F)c1C. The average molecular weight is 282 g/mol. The molecule has 0 aliphatic rings. The molecule has 2 aromatic rings. The van der Waals surface area contributed by atoms with Crippen molar-refractivity contribution in [3.63, 3.8) is 0 Å². The van der Waals surface area contributed by atoms with E-state index < -0.39 is 23.3 Å². The Labute approximate surface area is 114 Å². The highest BCUT2D eigenvalue weighted by atomic mass is 19.1. The third-order valence-electron chi connectivity index (χ3n) is 3.12. The van der Waals surface area contributed by atoms with Crippen LogP contribution in [0.5, 0.6) is 5.75 Å². The Kier molecular flexibility index (Phi) is 4.02. The largest absolute Gasteiger partial charge is 0.497 e. The highest BCUT2D eigenvalue weighted by molar-refractivity contribution is 6.68. The van der Waals surface area contributed by atoms with Gasteiger partial charge in [0, 0.05) is 18.2 Å². The minimum absolute atomic E-state index is 0.00608. The Balaban J connectivity index is 2.50. The summed E-state index contributed by atoms with van der Waals surface area (Å²) in [5.41, 5.74) is 0.561. The van der Waals surface area contributed by atoms with Crippen LogP contribution in [0.2, 0.25) is 0 Å². The van der Waals surface area contributed by atoms with E-state index in [2.05, 4.69) is 0 Å². The first-order valence-corrected chi connectivity index (χ1v) is 5.88. The Hall–Kier alpha value is -1.98. The normalized spacial score (nSPS) is 10.5. The van der Waals surface area contributed by atoms with E-state index in [0.29, 0.717) is 6.07 Å². The van der Waals surface area contributed by atoms with Gasteiger partial charge in [-0.25, -0.2) is 17.6 Å². The summed E-state index contributed by atoms with van der Waals surface area (Å²) in [6.45, 7) is 1.47. The summed E-state index contributed by atoms with van der Waals surface area (Å²) >= 11 is 0. The van der Waals surface area contributed by atoms with E-state index in [-0.39, 0.29) is 29.5 Å². The molecule has 0 atom stereocenters. The fourth-order valence-corrected chi connectivity index (χ4v) is 2.01. The fourth-order valence-electron chi connectivity index (χ4n) is 2.01. The van der Waals surface area contributed by atoms with Gasteiger partial charge < -0.3 is 4.74 Å². The first-order valence-electron chi connectivity index (χ1n) is 5.88. The summed E-state index contributed by atoms with van der Waals surface area (Å²) in [4.78, 5) is 0. The molecule has 2 rings (SSSR count). The monoisotopic (exact) mass is 282 g/mol. The average Bonchev–Trinajstić information content (AvgIpc) is 2.37. The van der Waals surface area contributed by atoms with Crippen LogP contribution < -0.4 is 15.7 Å². The van der Waals surface area contributed by atoms with Crippen LogP contribution in [0.15, 0.2) is 24.3 Å². The zero-order valence-corrected chi connectivity index (χ0v) is 10.9. The molecule has 0 aromatic heterocycles. The molecule has 0 radical (unpaired) electrons. The lowest BCUT2D eigenvalue weighted by Gasteiger charge is -2.11. The molecule has 2 aromatic carbocycles. The van der Waals surface area contributed by atoms with E-state index in [4.69, 9.17) is 4.74 Å². The summed E-state index contributed by atoms with van der Waals surface area (Å²) in [5, 5.41) is 0. The molecule has 0 fully saturated rings. The van der Waals surface area contributed by atoms with Crippen LogP contribution in [-0.2, 0) is 0 Å². The van der Waals surface area contributed by atoms with Gasteiger partial charge in [0.15, 0.2) is 0 Å². The number of rotatable bonds is 3. The lowest BCUT2D eigenvalue weighted by atomic mass is 9.62. The Morgan fingerprint density at radius 1 is 0.900 bits per heavy atom. The fraction of sp³-hybridized carbons (Fsp3) is 0.143. The molecule has 0 N–H and O–H groups in total. The van der Waals surface area contributed by atoms with Crippen molar-refractivity contribution in [2.24, 2.45) is 0 Å². The molecule has 0 amide bonds. The molecule has 0 saturated carbocycles. The zero-order chi connectivity index (χ0) is 14.9. The molecule has 0 aliphatic heterocycles. The van der Waals surface area contributed by atoms with E-state index in [1.54, 1.807) is 0 Å². The van der Waals surface area contributed by atoms with Gasteiger partial charge in [-0.15, -0.1) is 0 Å². The molecule has 0 bridgehead atoms. The molecule has 0 aliphatic carbocycles. The standard InChI is InChI=1S/C14H11BF4O/c1-7-10(3-8(16)4-11(7)18)15-14-12(19)5-9(17)6-13(14)20-2/h3-6,15H,1-2H3. The van der Waals surface area contributed by atoms with Gasteiger partial charge in [-0.1, -0.05) is 5.46 Å². The molecule has 0 unspecified atom stereocenters. The number of methoxy groups -OCH3 is 1. The Bertz CT molecular complexity index is 658. The van der Waals surface area contributed by atoms with Crippen LogP contribution in [0, 0.1) is 30.2 Å². The van der Waals surface area contributed by atoms with E-state index in [1.807, 2.05) is 0 Å². The molecule has 0 saturated heterocycles. The molecular formula is C14H11BF4O. The third kappa shape index (κ3) is 2.79. The van der Waals surface area contributed by atoms with Crippen molar-refractivity contribution in [2.45, 2.75) is 6.92 Å². The van der Waals surface area contributed by atoms with E-state index in [1.165, 1.54) is 14.0 Å². The smallest absolute Gasteiger partial charge is 0.201 e. The summed E-state index contributed by atoms with van der Waals surface area (Å²) in [6.07, 6.45) is 0. The number of hydrogen-bond donors (Lipinski definition) is 0. The van der Waals surface area contributed by atoms with Crippen LogP contribution in [-0.4, -0.2) is 14.4 Å². The second-order valence-corrected chi connectivity index (χ2v) is 4.42. The minimum Gasteiger partial charge on any atom is -0.497 e. The molecule has 1 nitrogen and oxygen atoms in total. The van der Waals surface area contributed by atoms with Crippen LogP contribution in [0.1, 0.15) is 5.56 Å². The van der Waals surface area contributed by atoms with Crippen molar-refractivity contribution < 1.29 is 22.3 Å². The second-order valence-electron chi connectivity index (χ2n) is 4.42. The molecule has 0 heterocycles. The van der Waals surface area contributed by atoms with Gasteiger partial charge in [0.1, 0.15) is 29.0 Å². The van der Waals surface area contributed by atoms with Crippen LogP contribution in [0.4, 0.5) is 17.6 Å². The number of halogens is 4. The van der Waals surface area contributed by atoms with E-state index in [0.717, 1.165) is 18.2 Å². The van der Waals surface area contributed by atoms with Gasteiger partial charge in [0.05, 0.1) is 7.11 Å². The van der Waals surface area contributed by atoms with Gasteiger partial charge in [-0.3, -0.25) is 0 Å². The Morgan fingerprint density at radius 2 is 1.50 bits per heavy atom. The van der Waals surface area contributed by atoms with Crippen LogP contribution in [0.3, 0.4) is 0 Å². The van der Waals surface area contributed by atoms with Gasteiger partial charge in [0.25, 0.3) is 0 Å². The predicted octanol–water partition coefficient (Wildman–Crippen LogP) is 1.95. The first-order chi connectivity index (χ1) is 9.42. The second kappa shape index (κ2) is 5.57. The van der Waals surface area contributed by atoms with Crippen molar-refractivity contribution in [3.8, 4) is 5.75 Å². The molecule has 20 heavy (non-hydrogen) atoms. The summed E-state index contributed by atoms with van der Waals surface area (Å²) < 4.78 is 58.5. The number of benzene rings is 2. The van der Waals surface area contributed by atoms with Gasteiger partial charge >= 0.3 is 0 Å². The molecule has 0 spiro atoms. The Morgan fingerprint density at radius 3 is 2.15 bits per heavy atom. The lowest BCUT2D eigenvalue weighted by Crippen LogP contribution is -2.33. The maximum absolute atomic E-state index is 13.8.